The monoisotopic (exact) mass is 689 g/mol. The van der Waals surface area contributed by atoms with E-state index in [9.17, 15) is 0 Å². The lowest BCUT2D eigenvalue weighted by atomic mass is 10.1. The van der Waals surface area contributed by atoms with E-state index in [-0.39, 0.29) is 0 Å². The Morgan fingerprint density at radius 3 is 1.44 bits per heavy atom. The summed E-state index contributed by atoms with van der Waals surface area (Å²) in [6.07, 6.45) is 0. The van der Waals surface area contributed by atoms with Crippen LogP contribution in [-0.4, -0.2) is 24.1 Å². The molecule has 0 aliphatic carbocycles. The number of rotatable bonds is 5. The first kappa shape index (κ1) is 30.9. The summed E-state index contributed by atoms with van der Waals surface area (Å²) in [4.78, 5) is 23.0. The highest BCUT2D eigenvalue weighted by molar-refractivity contribution is 6.14. The molecule has 0 bridgehead atoms. The summed E-state index contributed by atoms with van der Waals surface area (Å²) < 4.78 is 4.52. The first-order chi connectivity index (χ1) is 26.7. The summed E-state index contributed by atoms with van der Waals surface area (Å²) in [5.41, 5.74) is 9.47. The number of aromatic nitrogens is 5. The van der Waals surface area contributed by atoms with Gasteiger partial charge >= 0.3 is 0 Å². The normalized spacial score (nSPS) is 11.3. The van der Waals surface area contributed by atoms with Crippen LogP contribution in [0.25, 0.3) is 98.8 Å². The largest absolute Gasteiger partial charge is 0.309 e. The number of fused-ring (bicyclic) bond motifs is 6. The third kappa shape index (κ3) is 4.92. The van der Waals surface area contributed by atoms with Crippen molar-refractivity contribution in [3.8, 4) is 45.5 Å². The topological polar surface area (TPSA) is 57.2 Å². The zero-order chi connectivity index (χ0) is 36.2. The number of nitrogens with zero attached hydrogens (tertiary/aromatic N) is 7. The van der Waals surface area contributed by atoms with Crippen LogP contribution in [-0.2, 0) is 0 Å². The zero-order valence-corrected chi connectivity index (χ0v) is 28.7. The number of para-hydroxylation sites is 2. The van der Waals surface area contributed by atoms with Gasteiger partial charge in [-0.2, -0.15) is 0 Å². The van der Waals surface area contributed by atoms with Gasteiger partial charge in [0.2, 0.25) is 0 Å². The van der Waals surface area contributed by atoms with Crippen LogP contribution >= 0.6 is 0 Å². The standard InChI is InChI=1S/C47H27N7/c1-48-32-22-24-41-36(26-32)37-27-33(49-2)23-25-42(37)54(41)44-28-38-35-20-12-13-21-40(35)53(34-18-10-5-11-19-34)43(38)29-39(44)47-51-45(30-14-6-3-7-15-30)50-46(52-47)31-16-8-4-9-17-31/h3-29H. The Labute approximate surface area is 310 Å². The summed E-state index contributed by atoms with van der Waals surface area (Å²) >= 11 is 0. The summed E-state index contributed by atoms with van der Waals surface area (Å²) in [5, 5.41) is 3.97. The lowest BCUT2D eigenvalue weighted by molar-refractivity contribution is 1.06. The van der Waals surface area contributed by atoms with Crippen LogP contribution in [0.15, 0.2) is 164 Å². The Hall–Kier alpha value is -7.87. The summed E-state index contributed by atoms with van der Waals surface area (Å²) in [6.45, 7) is 15.6. The lowest BCUT2D eigenvalue weighted by Crippen LogP contribution is -2.04. The second kappa shape index (κ2) is 12.4. The van der Waals surface area contributed by atoms with Crippen molar-refractivity contribution in [1.82, 2.24) is 24.1 Å². The van der Waals surface area contributed by atoms with E-state index < -0.39 is 0 Å². The molecular weight excluding hydrogens is 663 g/mol. The molecule has 0 aliphatic heterocycles. The van der Waals surface area contributed by atoms with Crippen LogP contribution in [0.1, 0.15) is 0 Å². The van der Waals surface area contributed by atoms with Crippen molar-refractivity contribution in [2.75, 3.05) is 0 Å². The van der Waals surface area contributed by atoms with E-state index in [1.165, 1.54) is 0 Å². The van der Waals surface area contributed by atoms with E-state index in [2.05, 4.69) is 79.5 Å². The minimum Gasteiger partial charge on any atom is -0.309 e. The van der Waals surface area contributed by atoms with Crippen LogP contribution in [0, 0.1) is 13.1 Å². The van der Waals surface area contributed by atoms with E-state index in [1.54, 1.807) is 0 Å². The Kier molecular flexibility index (Phi) is 7.11. The van der Waals surface area contributed by atoms with Crippen molar-refractivity contribution in [2.24, 2.45) is 0 Å². The molecule has 10 aromatic rings. The van der Waals surface area contributed by atoms with Gasteiger partial charge in [0.25, 0.3) is 0 Å². The molecule has 3 heterocycles. The second-order valence-corrected chi connectivity index (χ2v) is 13.1. The summed E-state index contributed by atoms with van der Waals surface area (Å²) in [5.74, 6) is 1.66. The molecule has 0 atom stereocenters. The molecule has 54 heavy (non-hydrogen) atoms. The van der Waals surface area contributed by atoms with Crippen LogP contribution in [0.3, 0.4) is 0 Å². The fraction of sp³-hybridized carbons (Fsp3) is 0. The van der Waals surface area contributed by atoms with Gasteiger partial charge in [0.05, 0.1) is 40.9 Å². The highest BCUT2D eigenvalue weighted by atomic mass is 15.1. The van der Waals surface area contributed by atoms with Gasteiger partial charge in [-0.05, 0) is 65.4 Å². The maximum Gasteiger partial charge on any atom is 0.188 e. The molecule has 0 amide bonds. The molecule has 0 aliphatic rings. The average Bonchev–Trinajstić information content (AvgIpc) is 3.75. The van der Waals surface area contributed by atoms with Crippen molar-refractivity contribution in [3.63, 3.8) is 0 Å². The molecule has 7 aromatic carbocycles. The van der Waals surface area contributed by atoms with Crippen LogP contribution in [0.4, 0.5) is 11.4 Å². The Morgan fingerprint density at radius 1 is 0.389 bits per heavy atom. The van der Waals surface area contributed by atoms with Crippen molar-refractivity contribution in [3.05, 3.63) is 187 Å². The zero-order valence-electron chi connectivity index (χ0n) is 28.7. The Morgan fingerprint density at radius 2 is 0.870 bits per heavy atom. The molecule has 7 nitrogen and oxygen atoms in total. The van der Waals surface area contributed by atoms with Crippen molar-refractivity contribution < 1.29 is 0 Å². The summed E-state index contributed by atoms with van der Waals surface area (Å²) in [7, 11) is 0. The van der Waals surface area contributed by atoms with Crippen molar-refractivity contribution in [1.29, 1.82) is 0 Å². The van der Waals surface area contributed by atoms with Crippen molar-refractivity contribution >= 4 is 55.0 Å². The maximum absolute atomic E-state index is 7.79. The van der Waals surface area contributed by atoms with Crippen LogP contribution in [0.5, 0.6) is 0 Å². The van der Waals surface area contributed by atoms with Gasteiger partial charge in [0.15, 0.2) is 28.8 Å². The highest BCUT2D eigenvalue weighted by Crippen LogP contribution is 2.43. The van der Waals surface area contributed by atoms with Gasteiger partial charge < -0.3 is 9.13 Å². The summed E-state index contributed by atoms with van der Waals surface area (Å²) in [6, 6.07) is 54.8. The smallest absolute Gasteiger partial charge is 0.188 e. The third-order valence-corrected chi connectivity index (χ3v) is 9.98. The molecule has 7 heteroatoms. The highest BCUT2D eigenvalue weighted by Gasteiger charge is 2.23. The Balaban J connectivity index is 1.38. The molecule has 0 saturated heterocycles. The Bertz CT molecular complexity index is 3040. The van der Waals surface area contributed by atoms with Gasteiger partial charge in [0, 0.05) is 33.2 Å². The average molecular weight is 690 g/mol. The molecule has 0 unspecified atom stereocenters. The molecule has 10 rings (SSSR count). The SMILES string of the molecule is [C-]#[N+]c1ccc2c(c1)c1cc([N+]#[C-])ccc1n2-c1cc2c3ccccc3n(-c3ccccc3)c2cc1-c1nc(-c2ccccc2)nc(-c2ccccc2)n1. The van der Waals surface area contributed by atoms with Gasteiger partial charge in [-0.25, -0.2) is 24.6 Å². The molecule has 0 fully saturated rings. The third-order valence-electron chi connectivity index (χ3n) is 9.98. The molecule has 0 radical (unpaired) electrons. The minimum atomic E-state index is 0.523. The predicted molar refractivity (Wildman–Crippen MR) is 217 cm³/mol. The van der Waals surface area contributed by atoms with Gasteiger partial charge in [-0.1, -0.05) is 109 Å². The van der Waals surface area contributed by atoms with E-state index in [4.69, 9.17) is 28.1 Å². The predicted octanol–water partition coefficient (Wildman–Crippen LogP) is 12.2. The van der Waals surface area contributed by atoms with Crippen LogP contribution < -0.4 is 0 Å². The molecule has 3 aromatic heterocycles. The minimum absolute atomic E-state index is 0.523. The van der Waals surface area contributed by atoms with E-state index >= 15 is 0 Å². The maximum atomic E-state index is 7.79. The number of hydrogen-bond donors (Lipinski definition) is 0. The quantitative estimate of drug-likeness (QED) is 0.169. The lowest BCUT2D eigenvalue weighted by Gasteiger charge is -2.16. The first-order valence-corrected chi connectivity index (χ1v) is 17.5. The second-order valence-electron chi connectivity index (χ2n) is 13.1. The molecule has 0 spiro atoms. The molecule has 250 valence electrons. The number of benzene rings is 7. The molecular formula is C47H27N7. The van der Waals surface area contributed by atoms with Gasteiger partial charge in [-0.15, -0.1) is 0 Å². The number of hydrogen-bond acceptors (Lipinski definition) is 3. The van der Waals surface area contributed by atoms with Crippen LogP contribution in [0.2, 0.25) is 0 Å². The van der Waals surface area contributed by atoms with Gasteiger partial charge in [-0.3, -0.25) is 0 Å². The fourth-order valence-corrected chi connectivity index (χ4v) is 7.55. The fourth-order valence-electron chi connectivity index (χ4n) is 7.55. The molecule has 0 N–H and O–H groups in total. The first-order valence-electron chi connectivity index (χ1n) is 17.5. The molecule has 0 saturated carbocycles. The van der Waals surface area contributed by atoms with Gasteiger partial charge in [0.1, 0.15) is 0 Å². The van der Waals surface area contributed by atoms with E-state index in [1.807, 2.05) is 103 Å². The van der Waals surface area contributed by atoms with E-state index in [0.717, 1.165) is 71.7 Å². The van der Waals surface area contributed by atoms with Crippen molar-refractivity contribution in [2.45, 2.75) is 0 Å². The van der Waals surface area contributed by atoms with E-state index in [0.29, 0.717) is 28.8 Å².